The zero-order chi connectivity index (χ0) is 13.1. The molecule has 1 N–H and O–H groups in total. The highest BCUT2D eigenvalue weighted by atomic mass is 15.1. The largest absolute Gasteiger partial charge is 0.381 e. The lowest BCUT2D eigenvalue weighted by Gasteiger charge is -2.23. The molecule has 0 unspecified atom stereocenters. The molecule has 4 nitrogen and oxygen atoms in total. The first kappa shape index (κ1) is 12.2. The van der Waals surface area contributed by atoms with E-state index in [2.05, 4.69) is 21.4 Å². The van der Waals surface area contributed by atoms with Gasteiger partial charge in [-0.1, -0.05) is 19.3 Å². The molecule has 100 valence electrons. The van der Waals surface area contributed by atoms with Gasteiger partial charge in [-0.25, -0.2) is 9.97 Å². The number of hydrogen-bond acceptors (Lipinski definition) is 3. The van der Waals surface area contributed by atoms with Gasteiger partial charge in [-0.15, -0.1) is 0 Å². The number of hydrogen-bond donors (Lipinski definition) is 1. The molecule has 4 heteroatoms. The number of imidazole rings is 1. The van der Waals surface area contributed by atoms with Gasteiger partial charge in [-0.05, 0) is 31.9 Å². The Morgan fingerprint density at radius 2 is 2.00 bits per heavy atom. The van der Waals surface area contributed by atoms with Crippen LogP contribution in [-0.4, -0.2) is 20.6 Å². The average Bonchev–Trinajstić information content (AvgIpc) is 2.87. The van der Waals surface area contributed by atoms with Crippen molar-refractivity contribution >= 4 is 5.69 Å². The molecule has 1 saturated carbocycles. The Balaban J connectivity index is 1.70. The fourth-order valence-corrected chi connectivity index (χ4v) is 2.72. The van der Waals surface area contributed by atoms with Gasteiger partial charge in [0.25, 0.3) is 0 Å². The maximum Gasteiger partial charge on any atom is 0.138 e. The maximum atomic E-state index is 4.51. The molecule has 1 aliphatic rings. The lowest BCUT2D eigenvalue weighted by atomic mass is 9.95. The topological polar surface area (TPSA) is 42.7 Å². The van der Waals surface area contributed by atoms with Gasteiger partial charge in [0.15, 0.2) is 0 Å². The molecule has 0 amide bonds. The predicted molar refractivity (Wildman–Crippen MR) is 76.6 cm³/mol. The number of nitrogens with zero attached hydrogens (tertiary/aromatic N) is 3. The molecule has 0 atom stereocenters. The van der Waals surface area contributed by atoms with Crippen LogP contribution in [0.25, 0.3) is 5.82 Å². The number of rotatable bonds is 3. The lowest BCUT2D eigenvalue weighted by Crippen LogP contribution is -2.22. The van der Waals surface area contributed by atoms with Crippen molar-refractivity contribution < 1.29 is 0 Å². The van der Waals surface area contributed by atoms with Crippen molar-refractivity contribution in [1.82, 2.24) is 14.5 Å². The molecular weight excluding hydrogens is 236 g/mol. The Hall–Kier alpha value is -1.84. The second-order valence-corrected chi connectivity index (χ2v) is 5.23. The second kappa shape index (κ2) is 5.43. The zero-order valence-electron chi connectivity index (χ0n) is 11.3. The van der Waals surface area contributed by atoms with Crippen LogP contribution in [-0.2, 0) is 0 Å². The first-order valence-electron chi connectivity index (χ1n) is 7.06. The van der Waals surface area contributed by atoms with E-state index < -0.39 is 0 Å². The van der Waals surface area contributed by atoms with Gasteiger partial charge in [-0.3, -0.25) is 4.57 Å². The van der Waals surface area contributed by atoms with Crippen LogP contribution in [0.3, 0.4) is 0 Å². The Labute approximate surface area is 113 Å². The van der Waals surface area contributed by atoms with Gasteiger partial charge in [-0.2, -0.15) is 0 Å². The van der Waals surface area contributed by atoms with E-state index in [0.29, 0.717) is 6.04 Å². The molecule has 0 aliphatic heterocycles. The Kier molecular flexibility index (Phi) is 3.49. The summed E-state index contributed by atoms with van der Waals surface area (Å²) in [5.41, 5.74) is 1.12. The van der Waals surface area contributed by atoms with Gasteiger partial charge < -0.3 is 5.32 Å². The van der Waals surface area contributed by atoms with E-state index >= 15 is 0 Å². The summed E-state index contributed by atoms with van der Waals surface area (Å²) in [6.45, 7) is 1.98. The second-order valence-electron chi connectivity index (χ2n) is 5.23. The number of nitrogens with one attached hydrogen (secondary N) is 1. The third kappa shape index (κ3) is 2.78. The van der Waals surface area contributed by atoms with E-state index in [4.69, 9.17) is 0 Å². The highest BCUT2D eigenvalue weighted by molar-refractivity contribution is 5.44. The molecule has 0 spiro atoms. The minimum Gasteiger partial charge on any atom is -0.381 e. The number of anilines is 1. The van der Waals surface area contributed by atoms with Gasteiger partial charge in [0.05, 0.1) is 11.9 Å². The van der Waals surface area contributed by atoms with Crippen molar-refractivity contribution in [3.8, 4) is 5.82 Å². The van der Waals surface area contributed by atoms with Crippen LogP contribution >= 0.6 is 0 Å². The summed E-state index contributed by atoms with van der Waals surface area (Å²) in [4.78, 5) is 8.72. The summed E-state index contributed by atoms with van der Waals surface area (Å²) in [7, 11) is 0. The third-order valence-corrected chi connectivity index (χ3v) is 3.80. The average molecular weight is 256 g/mol. The monoisotopic (exact) mass is 256 g/mol. The van der Waals surface area contributed by atoms with E-state index in [-0.39, 0.29) is 0 Å². The van der Waals surface area contributed by atoms with Gasteiger partial charge in [0.2, 0.25) is 0 Å². The van der Waals surface area contributed by atoms with Gasteiger partial charge in [0, 0.05) is 18.4 Å². The van der Waals surface area contributed by atoms with Crippen LogP contribution in [0.15, 0.2) is 30.7 Å². The molecule has 0 aromatic carbocycles. The Bertz CT molecular complexity index is 523. The third-order valence-electron chi connectivity index (χ3n) is 3.80. The van der Waals surface area contributed by atoms with Crippen molar-refractivity contribution in [2.75, 3.05) is 5.32 Å². The van der Waals surface area contributed by atoms with E-state index in [1.807, 2.05) is 30.0 Å². The van der Waals surface area contributed by atoms with E-state index in [0.717, 1.165) is 17.3 Å². The molecule has 2 aromatic rings. The van der Waals surface area contributed by atoms with E-state index in [9.17, 15) is 0 Å². The maximum absolute atomic E-state index is 4.51. The molecule has 3 rings (SSSR count). The quantitative estimate of drug-likeness (QED) is 0.916. The fourth-order valence-electron chi connectivity index (χ4n) is 2.72. The summed E-state index contributed by atoms with van der Waals surface area (Å²) in [5, 5.41) is 3.58. The van der Waals surface area contributed by atoms with Crippen molar-refractivity contribution in [3.63, 3.8) is 0 Å². The van der Waals surface area contributed by atoms with E-state index in [1.54, 1.807) is 6.20 Å². The molecule has 0 radical (unpaired) electrons. The summed E-state index contributed by atoms with van der Waals surface area (Å²) >= 11 is 0. The van der Waals surface area contributed by atoms with Crippen LogP contribution < -0.4 is 5.32 Å². The van der Waals surface area contributed by atoms with Crippen LogP contribution in [0.1, 0.15) is 37.9 Å². The van der Waals surface area contributed by atoms with Crippen molar-refractivity contribution in [2.45, 2.75) is 45.1 Å². The van der Waals surface area contributed by atoms with Crippen molar-refractivity contribution in [3.05, 3.63) is 36.5 Å². The van der Waals surface area contributed by atoms with E-state index in [1.165, 1.54) is 32.1 Å². The van der Waals surface area contributed by atoms with Crippen LogP contribution in [0.5, 0.6) is 0 Å². The molecule has 0 bridgehead atoms. The molecule has 1 fully saturated rings. The van der Waals surface area contributed by atoms with Gasteiger partial charge >= 0.3 is 0 Å². The molecule has 1 aliphatic carbocycles. The first-order valence-corrected chi connectivity index (χ1v) is 7.06. The minimum atomic E-state index is 0.622. The Morgan fingerprint density at radius 1 is 1.16 bits per heavy atom. The molecule has 2 heterocycles. The zero-order valence-corrected chi connectivity index (χ0v) is 11.3. The van der Waals surface area contributed by atoms with Crippen molar-refractivity contribution in [2.24, 2.45) is 0 Å². The molecular formula is C15H20N4. The van der Waals surface area contributed by atoms with Crippen LogP contribution in [0, 0.1) is 6.92 Å². The number of aromatic nitrogens is 3. The highest BCUT2D eigenvalue weighted by Crippen LogP contribution is 2.21. The van der Waals surface area contributed by atoms with Gasteiger partial charge in [0.1, 0.15) is 11.6 Å². The predicted octanol–water partition coefficient (Wildman–Crippen LogP) is 3.32. The summed E-state index contributed by atoms with van der Waals surface area (Å²) in [6.07, 6.45) is 12.3. The smallest absolute Gasteiger partial charge is 0.138 e. The van der Waals surface area contributed by atoms with Crippen LogP contribution in [0.4, 0.5) is 5.69 Å². The normalized spacial score (nSPS) is 16.5. The van der Waals surface area contributed by atoms with Crippen LogP contribution in [0.2, 0.25) is 0 Å². The van der Waals surface area contributed by atoms with Crippen molar-refractivity contribution in [1.29, 1.82) is 0 Å². The number of pyridine rings is 1. The molecule has 2 aromatic heterocycles. The summed E-state index contributed by atoms with van der Waals surface area (Å²) < 4.78 is 1.99. The lowest BCUT2D eigenvalue weighted by molar-refractivity contribution is 0.462. The molecule has 0 saturated heterocycles. The minimum absolute atomic E-state index is 0.622. The summed E-state index contributed by atoms with van der Waals surface area (Å²) in [6, 6.07) is 4.77. The fraction of sp³-hybridized carbons (Fsp3) is 0.467. The Morgan fingerprint density at radius 3 is 2.63 bits per heavy atom. The highest BCUT2D eigenvalue weighted by Gasteiger charge is 2.13. The first-order chi connectivity index (χ1) is 9.33. The standard InChI is InChI=1S/C15H20N4/c1-12-16-9-10-19(12)15-8-7-14(11-17-15)18-13-5-3-2-4-6-13/h7-11,13,18H,2-6H2,1H3. The molecule has 19 heavy (non-hydrogen) atoms. The number of aryl methyl sites for hydroxylation is 1. The summed E-state index contributed by atoms with van der Waals surface area (Å²) in [5.74, 6) is 1.88. The SMILES string of the molecule is Cc1nccn1-c1ccc(NC2CCCCC2)cn1.